The lowest BCUT2D eigenvalue weighted by atomic mass is 9.96. The summed E-state index contributed by atoms with van der Waals surface area (Å²) >= 11 is 0. The van der Waals surface area contributed by atoms with Gasteiger partial charge in [-0.25, -0.2) is 9.18 Å². The minimum Gasteiger partial charge on any atom is -0.452 e. The molecule has 1 aliphatic rings. The first-order chi connectivity index (χ1) is 13.7. The van der Waals surface area contributed by atoms with Crippen molar-refractivity contribution in [2.75, 3.05) is 13.1 Å². The third-order valence-electron chi connectivity index (χ3n) is 4.53. The zero-order chi connectivity index (χ0) is 21.6. The van der Waals surface area contributed by atoms with Crippen molar-refractivity contribution in [2.24, 2.45) is 5.92 Å². The minimum atomic E-state index is -1.11. The van der Waals surface area contributed by atoms with Crippen LogP contribution in [0.3, 0.4) is 0 Å². The Hall–Kier alpha value is -2.97. The van der Waals surface area contributed by atoms with E-state index in [0.717, 1.165) is 0 Å². The van der Waals surface area contributed by atoms with E-state index in [-0.39, 0.29) is 11.9 Å². The summed E-state index contributed by atoms with van der Waals surface area (Å²) in [7, 11) is 0. The van der Waals surface area contributed by atoms with Crippen LogP contribution < -0.4 is 10.6 Å². The largest absolute Gasteiger partial charge is 0.452 e. The van der Waals surface area contributed by atoms with Gasteiger partial charge in [-0.1, -0.05) is 0 Å². The first-order valence-corrected chi connectivity index (χ1v) is 9.54. The maximum absolute atomic E-state index is 13.0. The molecule has 2 rings (SSSR count). The molecule has 1 aromatic rings. The van der Waals surface area contributed by atoms with Gasteiger partial charge in [0.15, 0.2) is 6.10 Å². The number of nitrogens with one attached hydrogen (secondary N) is 2. The molecule has 0 aromatic heterocycles. The molecule has 1 aromatic carbocycles. The third-order valence-corrected chi connectivity index (χ3v) is 4.53. The van der Waals surface area contributed by atoms with Gasteiger partial charge in [-0.15, -0.1) is 0 Å². The molecule has 0 aliphatic carbocycles. The number of piperidine rings is 1. The molecule has 1 heterocycles. The highest BCUT2D eigenvalue weighted by Gasteiger charge is 2.31. The van der Waals surface area contributed by atoms with Gasteiger partial charge in [-0.3, -0.25) is 19.7 Å². The average molecular weight is 407 g/mol. The van der Waals surface area contributed by atoms with Crippen LogP contribution in [0.4, 0.5) is 9.18 Å². The summed E-state index contributed by atoms with van der Waals surface area (Å²) in [5.74, 6) is -2.32. The number of carbonyl (C=O) groups excluding carboxylic acids is 4. The Labute approximate surface area is 168 Å². The fourth-order valence-electron chi connectivity index (χ4n) is 2.93. The Balaban J connectivity index is 1.80. The normalized spacial score (nSPS) is 15.6. The number of likely N-dealkylation sites (tertiary alicyclic amines) is 1. The van der Waals surface area contributed by atoms with Crippen molar-refractivity contribution in [3.05, 3.63) is 35.6 Å². The molecular formula is C20H26FN3O5. The Morgan fingerprint density at radius 2 is 1.66 bits per heavy atom. The molecule has 0 bridgehead atoms. The molecule has 1 aliphatic heterocycles. The summed E-state index contributed by atoms with van der Waals surface area (Å²) in [6, 6.07) is 4.52. The molecule has 158 valence electrons. The topological polar surface area (TPSA) is 105 Å². The summed E-state index contributed by atoms with van der Waals surface area (Å²) < 4.78 is 18.2. The molecule has 0 saturated carbocycles. The maximum atomic E-state index is 13.0. The number of halogens is 1. The monoisotopic (exact) mass is 407 g/mol. The van der Waals surface area contributed by atoms with Gasteiger partial charge < -0.3 is 15.0 Å². The van der Waals surface area contributed by atoms with E-state index < -0.39 is 35.7 Å². The molecule has 1 saturated heterocycles. The summed E-state index contributed by atoms with van der Waals surface area (Å²) in [6.07, 6.45) is -0.318. The molecule has 2 N–H and O–H groups in total. The van der Waals surface area contributed by atoms with Crippen LogP contribution in [0, 0.1) is 11.7 Å². The lowest BCUT2D eigenvalue weighted by Crippen LogP contribution is -2.47. The van der Waals surface area contributed by atoms with Gasteiger partial charge >= 0.3 is 12.0 Å². The number of rotatable bonds is 5. The molecular weight excluding hydrogens is 381 g/mol. The van der Waals surface area contributed by atoms with Crippen molar-refractivity contribution < 1.29 is 28.3 Å². The van der Waals surface area contributed by atoms with Crippen molar-refractivity contribution in [2.45, 2.75) is 45.8 Å². The number of carbonyl (C=O) groups is 4. The third kappa shape index (κ3) is 6.55. The van der Waals surface area contributed by atoms with Gasteiger partial charge in [0.05, 0.1) is 5.92 Å². The second-order valence-corrected chi connectivity index (χ2v) is 7.27. The first-order valence-electron chi connectivity index (χ1n) is 9.54. The molecule has 0 spiro atoms. The quantitative estimate of drug-likeness (QED) is 0.725. The smallest absolute Gasteiger partial charge is 0.321 e. The number of ether oxygens (including phenoxy) is 1. The molecule has 1 fully saturated rings. The van der Waals surface area contributed by atoms with Crippen LogP contribution in [-0.2, 0) is 14.3 Å². The van der Waals surface area contributed by atoms with Crippen molar-refractivity contribution in [3.8, 4) is 0 Å². The number of nitrogens with zero attached hydrogens (tertiary/aromatic N) is 1. The number of benzene rings is 1. The minimum absolute atomic E-state index is 0.136. The Kier molecular flexibility index (Phi) is 7.69. The van der Waals surface area contributed by atoms with Crippen LogP contribution >= 0.6 is 0 Å². The van der Waals surface area contributed by atoms with E-state index in [2.05, 4.69) is 10.6 Å². The Morgan fingerprint density at radius 3 is 2.21 bits per heavy atom. The lowest BCUT2D eigenvalue weighted by molar-refractivity contribution is -0.159. The standard InChI is InChI=1S/C20H26FN3O5/c1-12(2)22-20(28)23-17(25)13(3)29-19(27)15-8-10-24(11-9-15)18(26)14-4-6-16(21)7-5-14/h4-7,12-13,15H,8-11H2,1-3H3,(H2,22,23,25,28)/t13-/m1/s1. The van der Waals surface area contributed by atoms with Gasteiger partial charge in [-0.2, -0.15) is 0 Å². The van der Waals surface area contributed by atoms with E-state index >= 15 is 0 Å². The molecule has 0 radical (unpaired) electrons. The zero-order valence-corrected chi connectivity index (χ0v) is 16.7. The predicted octanol–water partition coefficient (Wildman–Crippen LogP) is 1.84. The van der Waals surface area contributed by atoms with Gasteiger partial charge in [0.1, 0.15) is 5.82 Å². The molecule has 4 amide bonds. The zero-order valence-electron chi connectivity index (χ0n) is 16.7. The fraction of sp³-hybridized carbons (Fsp3) is 0.500. The van der Waals surface area contributed by atoms with Crippen LogP contribution in [0.1, 0.15) is 44.0 Å². The van der Waals surface area contributed by atoms with Crippen LogP contribution in [-0.4, -0.2) is 54.0 Å². The highest BCUT2D eigenvalue weighted by Crippen LogP contribution is 2.21. The van der Waals surface area contributed by atoms with E-state index in [1.54, 1.807) is 18.7 Å². The highest BCUT2D eigenvalue weighted by atomic mass is 19.1. The molecule has 9 heteroatoms. The van der Waals surface area contributed by atoms with Gasteiger partial charge in [0, 0.05) is 24.7 Å². The Bertz CT molecular complexity index is 758. The van der Waals surface area contributed by atoms with Crippen molar-refractivity contribution >= 4 is 23.8 Å². The molecule has 1 atom stereocenters. The van der Waals surface area contributed by atoms with E-state index in [4.69, 9.17) is 4.74 Å². The lowest BCUT2D eigenvalue weighted by Gasteiger charge is -2.31. The number of hydrogen-bond acceptors (Lipinski definition) is 5. The van der Waals surface area contributed by atoms with Crippen LogP contribution in [0.5, 0.6) is 0 Å². The van der Waals surface area contributed by atoms with Crippen LogP contribution in [0.2, 0.25) is 0 Å². The maximum Gasteiger partial charge on any atom is 0.321 e. The molecule has 0 unspecified atom stereocenters. The van der Waals surface area contributed by atoms with Gasteiger partial charge in [-0.05, 0) is 57.9 Å². The van der Waals surface area contributed by atoms with Crippen LogP contribution in [0.25, 0.3) is 0 Å². The highest BCUT2D eigenvalue weighted by molar-refractivity contribution is 5.97. The summed E-state index contributed by atoms with van der Waals surface area (Å²) in [6.45, 7) is 5.60. The SMILES string of the molecule is CC(C)NC(=O)NC(=O)[C@@H](C)OC(=O)C1CCN(C(=O)c2ccc(F)cc2)CC1. The number of hydrogen-bond donors (Lipinski definition) is 2. The average Bonchev–Trinajstić information content (AvgIpc) is 2.67. The number of imide groups is 1. The summed E-state index contributed by atoms with van der Waals surface area (Å²) in [5.41, 5.74) is 0.386. The van der Waals surface area contributed by atoms with E-state index in [9.17, 15) is 23.6 Å². The molecule has 29 heavy (non-hydrogen) atoms. The van der Waals surface area contributed by atoms with E-state index in [0.29, 0.717) is 31.5 Å². The second kappa shape index (κ2) is 9.99. The first kappa shape index (κ1) is 22.3. The predicted molar refractivity (Wildman–Crippen MR) is 102 cm³/mol. The summed E-state index contributed by atoms with van der Waals surface area (Å²) in [5, 5.41) is 4.63. The van der Waals surface area contributed by atoms with Crippen molar-refractivity contribution in [1.82, 2.24) is 15.5 Å². The molecule has 8 nitrogen and oxygen atoms in total. The number of urea groups is 1. The fourth-order valence-corrected chi connectivity index (χ4v) is 2.93. The van der Waals surface area contributed by atoms with Gasteiger partial charge in [0.2, 0.25) is 0 Å². The van der Waals surface area contributed by atoms with E-state index in [1.807, 2.05) is 0 Å². The van der Waals surface area contributed by atoms with Crippen molar-refractivity contribution in [1.29, 1.82) is 0 Å². The number of amides is 4. The van der Waals surface area contributed by atoms with E-state index in [1.165, 1.54) is 31.2 Å². The Morgan fingerprint density at radius 1 is 1.07 bits per heavy atom. The second-order valence-electron chi connectivity index (χ2n) is 7.27. The number of esters is 1. The van der Waals surface area contributed by atoms with Gasteiger partial charge in [0.25, 0.3) is 11.8 Å². The van der Waals surface area contributed by atoms with Crippen molar-refractivity contribution in [3.63, 3.8) is 0 Å². The van der Waals surface area contributed by atoms with Crippen LogP contribution in [0.15, 0.2) is 24.3 Å². The summed E-state index contributed by atoms with van der Waals surface area (Å²) in [4.78, 5) is 49.8.